The third-order valence-electron chi connectivity index (χ3n) is 7.66. The average Bonchev–Trinajstić information content (AvgIpc) is 3.47. The number of ether oxygens (including phenoxy) is 1. The van der Waals surface area contributed by atoms with Crippen molar-refractivity contribution in [2.24, 2.45) is 11.8 Å². The van der Waals surface area contributed by atoms with Crippen molar-refractivity contribution in [3.05, 3.63) is 35.4 Å². The summed E-state index contributed by atoms with van der Waals surface area (Å²) in [5.41, 5.74) is 0.540. The summed E-state index contributed by atoms with van der Waals surface area (Å²) in [7, 11) is 0. The Kier molecular flexibility index (Phi) is 11.1. The molecule has 0 radical (unpaired) electrons. The predicted molar refractivity (Wildman–Crippen MR) is 147 cm³/mol. The number of hydrogen-bond donors (Lipinski definition) is 2. The molecule has 0 bridgehead atoms. The van der Waals surface area contributed by atoms with Crippen LogP contribution in [0, 0.1) is 11.8 Å². The average molecular weight is 633 g/mol. The highest BCUT2D eigenvalue weighted by atomic mass is 19.4. The second kappa shape index (κ2) is 14.0. The first-order valence-electron chi connectivity index (χ1n) is 14.3. The summed E-state index contributed by atoms with van der Waals surface area (Å²) in [6.45, 7) is 7.56. The molecule has 15 heteroatoms. The molecule has 1 aromatic rings. The highest BCUT2D eigenvalue weighted by Gasteiger charge is 2.64. The zero-order chi connectivity index (χ0) is 33.0. The number of hydrogen-bond acceptors (Lipinski definition) is 6. The molecule has 4 amide bonds. The van der Waals surface area contributed by atoms with E-state index in [-0.39, 0.29) is 24.4 Å². The maximum Gasteiger partial charge on any atom is 0.461 e. The van der Waals surface area contributed by atoms with Crippen molar-refractivity contribution in [3.8, 4) is 0 Å². The first-order valence-corrected chi connectivity index (χ1v) is 14.3. The largest absolute Gasteiger partial charge is 0.461 e. The van der Waals surface area contributed by atoms with Crippen LogP contribution < -0.4 is 10.6 Å². The van der Waals surface area contributed by atoms with Gasteiger partial charge in [-0.2, -0.15) is 22.0 Å². The van der Waals surface area contributed by atoms with Gasteiger partial charge in [0, 0.05) is 30.8 Å². The van der Waals surface area contributed by atoms with Crippen LogP contribution in [0.4, 0.5) is 22.0 Å². The number of morpholine rings is 1. The Morgan fingerprint density at radius 1 is 0.818 bits per heavy atom. The summed E-state index contributed by atoms with van der Waals surface area (Å²) >= 11 is 0. The van der Waals surface area contributed by atoms with Crippen molar-refractivity contribution >= 4 is 29.4 Å². The molecule has 2 heterocycles. The Morgan fingerprint density at radius 3 is 1.89 bits per heavy atom. The van der Waals surface area contributed by atoms with Gasteiger partial charge in [0.1, 0.15) is 12.1 Å². The topological polar surface area (TPSA) is 125 Å². The van der Waals surface area contributed by atoms with E-state index in [0.717, 1.165) is 4.90 Å². The van der Waals surface area contributed by atoms with Crippen molar-refractivity contribution in [1.82, 2.24) is 20.4 Å². The Bertz CT molecular complexity index is 1230. The SMILES string of the molecule is CC(C)C(NC(=O)[C@@H]1CCCN1C(=O)[C@H](NC(=O)c1ccc(C(=O)N2CCOCC2)cc1)C(C)C)C(=O)C(F)(F)C(F)(F)F. The molecular formula is C29H37F5N4O6. The molecule has 3 atom stereocenters. The molecule has 2 fully saturated rings. The minimum Gasteiger partial charge on any atom is -0.378 e. The summed E-state index contributed by atoms with van der Waals surface area (Å²) in [5.74, 6) is -12.3. The zero-order valence-electron chi connectivity index (χ0n) is 24.9. The number of nitrogens with one attached hydrogen (secondary N) is 2. The second-order valence-electron chi connectivity index (χ2n) is 11.5. The number of amides is 4. The Labute approximate surface area is 251 Å². The van der Waals surface area contributed by atoms with Crippen LogP contribution in [0.15, 0.2) is 24.3 Å². The highest BCUT2D eigenvalue weighted by molar-refractivity contribution is 6.01. The molecule has 2 saturated heterocycles. The Hall–Kier alpha value is -3.62. The first-order chi connectivity index (χ1) is 20.5. The molecule has 0 saturated carbocycles. The third-order valence-corrected chi connectivity index (χ3v) is 7.66. The lowest BCUT2D eigenvalue weighted by Crippen LogP contribution is -2.60. The number of carbonyl (C=O) groups excluding carboxylic acids is 5. The van der Waals surface area contributed by atoms with E-state index in [4.69, 9.17) is 4.74 Å². The van der Waals surface area contributed by atoms with Gasteiger partial charge in [-0.15, -0.1) is 0 Å². The smallest absolute Gasteiger partial charge is 0.378 e. The molecule has 2 aliphatic rings. The van der Waals surface area contributed by atoms with Gasteiger partial charge in [0.15, 0.2) is 0 Å². The van der Waals surface area contributed by atoms with Gasteiger partial charge in [0.25, 0.3) is 11.8 Å². The van der Waals surface area contributed by atoms with E-state index >= 15 is 0 Å². The van der Waals surface area contributed by atoms with Crippen molar-refractivity contribution in [2.45, 2.75) is 70.8 Å². The Morgan fingerprint density at radius 2 is 1.36 bits per heavy atom. The van der Waals surface area contributed by atoms with Gasteiger partial charge >= 0.3 is 12.1 Å². The van der Waals surface area contributed by atoms with Crippen molar-refractivity contribution in [2.75, 3.05) is 32.8 Å². The number of carbonyl (C=O) groups is 5. The Balaban J connectivity index is 1.71. The highest BCUT2D eigenvalue weighted by Crippen LogP contribution is 2.37. The van der Waals surface area contributed by atoms with Crippen LogP contribution in [0.1, 0.15) is 61.3 Å². The number of ketones is 1. The number of alkyl halides is 5. The van der Waals surface area contributed by atoms with Gasteiger partial charge in [-0.3, -0.25) is 24.0 Å². The first kappa shape index (κ1) is 34.9. The maximum absolute atomic E-state index is 13.8. The van der Waals surface area contributed by atoms with Crippen LogP contribution in [-0.2, 0) is 19.1 Å². The van der Waals surface area contributed by atoms with Gasteiger partial charge in [0.05, 0.1) is 19.3 Å². The third kappa shape index (κ3) is 7.71. The molecule has 2 N–H and O–H groups in total. The van der Waals surface area contributed by atoms with Gasteiger partial charge in [-0.25, -0.2) is 0 Å². The lowest BCUT2D eigenvalue weighted by Gasteiger charge is -2.32. The summed E-state index contributed by atoms with van der Waals surface area (Å²) in [6.07, 6.45) is -5.75. The van der Waals surface area contributed by atoms with Crippen LogP contribution in [0.25, 0.3) is 0 Å². The van der Waals surface area contributed by atoms with E-state index in [0.29, 0.717) is 38.3 Å². The van der Waals surface area contributed by atoms with Crippen LogP contribution in [0.5, 0.6) is 0 Å². The van der Waals surface area contributed by atoms with E-state index in [1.807, 2.05) is 5.32 Å². The van der Waals surface area contributed by atoms with Crippen LogP contribution in [0.2, 0.25) is 0 Å². The zero-order valence-corrected chi connectivity index (χ0v) is 24.9. The number of likely N-dealkylation sites (tertiary alicyclic amines) is 1. The van der Waals surface area contributed by atoms with Gasteiger partial charge in [-0.1, -0.05) is 27.7 Å². The van der Waals surface area contributed by atoms with E-state index in [1.54, 1.807) is 18.7 Å². The molecule has 0 aromatic heterocycles. The fourth-order valence-corrected chi connectivity index (χ4v) is 5.05. The van der Waals surface area contributed by atoms with Crippen LogP contribution >= 0.6 is 0 Å². The fraction of sp³-hybridized carbons (Fsp3) is 0.621. The summed E-state index contributed by atoms with van der Waals surface area (Å²) in [6, 6.07) is 1.34. The lowest BCUT2D eigenvalue weighted by molar-refractivity contribution is -0.270. The van der Waals surface area contributed by atoms with Crippen molar-refractivity contribution < 1.29 is 50.7 Å². The van der Waals surface area contributed by atoms with Crippen LogP contribution in [-0.4, -0.2) is 102 Å². The number of benzene rings is 1. The molecule has 2 aliphatic heterocycles. The molecule has 44 heavy (non-hydrogen) atoms. The lowest BCUT2D eigenvalue weighted by atomic mass is 9.95. The summed E-state index contributed by atoms with van der Waals surface area (Å²) in [4.78, 5) is 67.4. The predicted octanol–water partition coefficient (Wildman–Crippen LogP) is 2.81. The minimum atomic E-state index is -6.14. The quantitative estimate of drug-likeness (QED) is 0.383. The van der Waals surface area contributed by atoms with Gasteiger partial charge in [0.2, 0.25) is 17.6 Å². The molecular weight excluding hydrogens is 595 g/mol. The number of halogens is 5. The van der Waals surface area contributed by atoms with E-state index in [9.17, 15) is 45.9 Å². The minimum absolute atomic E-state index is 0.0629. The molecule has 0 spiro atoms. The van der Waals surface area contributed by atoms with Crippen molar-refractivity contribution in [1.29, 1.82) is 0 Å². The van der Waals surface area contributed by atoms with E-state index in [2.05, 4.69) is 5.32 Å². The number of nitrogens with zero attached hydrogens (tertiary/aromatic N) is 2. The maximum atomic E-state index is 13.8. The monoisotopic (exact) mass is 632 g/mol. The summed E-state index contributed by atoms with van der Waals surface area (Å²) in [5, 5.41) is 4.65. The van der Waals surface area contributed by atoms with Gasteiger partial charge in [-0.05, 0) is 48.9 Å². The standard InChI is InChI=1S/C29H37F5N4O6/c1-16(2)21(23(39)28(30,31)29(32,33)34)35-25(41)20-6-5-11-38(20)27(43)22(17(3)4)36-24(40)18-7-9-19(10-8-18)26(42)37-12-14-44-15-13-37/h7-10,16-17,20-22H,5-6,11-15H2,1-4H3,(H,35,41)(H,36,40)/t20-,21?,22+/m0/s1. The van der Waals surface area contributed by atoms with Gasteiger partial charge < -0.3 is 25.2 Å². The number of Topliss-reactive ketones (excluding diaryl/α,β-unsaturated/α-hetero) is 1. The van der Waals surface area contributed by atoms with E-state index < -0.39 is 65.6 Å². The van der Waals surface area contributed by atoms with E-state index in [1.165, 1.54) is 38.1 Å². The van der Waals surface area contributed by atoms with Crippen molar-refractivity contribution in [3.63, 3.8) is 0 Å². The second-order valence-corrected chi connectivity index (χ2v) is 11.5. The summed E-state index contributed by atoms with van der Waals surface area (Å²) < 4.78 is 71.4. The molecule has 1 unspecified atom stereocenters. The molecule has 1 aromatic carbocycles. The molecule has 10 nitrogen and oxygen atoms in total. The molecule has 244 valence electrons. The fourth-order valence-electron chi connectivity index (χ4n) is 5.05. The molecule has 0 aliphatic carbocycles. The van der Waals surface area contributed by atoms with Crippen LogP contribution in [0.3, 0.4) is 0 Å². The normalized spacial score (nSPS) is 19.1. The number of rotatable bonds is 10. The molecule has 3 rings (SSSR count).